The molecule has 0 fully saturated rings. The van der Waals surface area contributed by atoms with Gasteiger partial charge in [-0.05, 0) is 37.5 Å². The molecule has 0 spiro atoms. The van der Waals surface area contributed by atoms with Crippen LogP contribution >= 0.6 is 11.6 Å². The molecule has 9 heteroatoms. The molecule has 1 unspecified atom stereocenters. The number of nitrogens with one attached hydrogen (secondary N) is 2. The van der Waals surface area contributed by atoms with Crippen LogP contribution in [0.1, 0.15) is 53.9 Å². The Kier molecular flexibility index (Phi) is 13.3. The van der Waals surface area contributed by atoms with E-state index < -0.39 is 29.4 Å². The van der Waals surface area contributed by atoms with E-state index in [1.807, 2.05) is 33.8 Å². The Morgan fingerprint density at radius 1 is 1.31 bits per heavy atom. The number of halogens is 1. The van der Waals surface area contributed by atoms with E-state index in [1.165, 1.54) is 19.4 Å². The van der Waals surface area contributed by atoms with Crippen LogP contribution < -0.4 is 10.6 Å². The summed E-state index contributed by atoms with van der Waals surface area (Å²) in [5.74, 6) is -1.12. The van der Waals surface area contributed by atoms with Gasteiger partial charge in [0.05, 0.1) is 13.2 Å². The smallest absolute Gasteiger partial charge is 0.373 e. The molecule has 0 radical (unpaired) electrons. The molecular formula is C27H39ClN2O6. The maximum Gasteiger partial charge on any atom is 0.373 e. The Morgan fingerprint density at radius 2 is 2.00 bits per heavy atom. The Morgan fingerprint density at radius 3 is 2.58 bits per heavy atom. The summed E-state index contributed by atoms with van der Waals surface area (Å²) in [5, 5.41) is 15.9. The molecule has 0 aliphatic carbocycles. The molecular weight excluding hydrogens is 484 g/mol. The van der Waals surface area contributed by atoms with Crippen molar-refractivity contribution in [3.63, 3.8) is 0 Å². The first-order valence-electron chi connectivity index (χ1n) is 11.9. The zero-order valence-corrected chi connectivity index (χ0v) is 22.7. The van der Waals surface area contributed by atoms with Gasteiger partial charge in [0.1, 0.15) is 12.1 Å². The van der Waals surface area contributed by atoms with E-state index in [0.29, 0.717) is 24.3 Å². The van der Waals surface area contributed by atoms with Crippen molar-refractivity contribution in [2.75, 3.05) is 7.11 Å². The number of amides is 2. The molecule has 1 aliphatic rings. The van der Waals surface area contributed by atoms with E-state index in [4.69, 9.17) is 21.1 Å². The highest BCUT2D eigenvalue weighted by molar-refractivity contribution is 6.29. The summed E-state index contributed by atoms with van der Waals surface area (Å²) in [5.41, 5.74) is -0.534. The van der Waals surface area contributed by atoms with Gasteiger partial charge in [-0.2, -0.15) is 0 Å². The molecule has 0 bridgehead atoms. The summed E-state index contributed by atoms with van der Waals surface area (Å²) in [7, 11) is 1.42. The quantitative estimate of drug-likeness (QED) is 0.202. The minimum Gasteiger partial charge on any atom is -0.490 e. The minimum absolute atomic E-state index is 0.0651. The molecule has 8 nitrogen and oxygen atoms in total. The van der Waals surface area contributed by atoms with Crippen LogP contribution in [0.3, 0.4) is 0 Å². The zero-order valence-electron chi connectivity index (χ0n) is 21.9. The molecule has 0 saturated carbocycles. The number of carbonyl (C=O) groups is 3. The van der Waals surface area contributed by atoms with E-state index in [9.17, 15) is 19.5 Å². The van der Waals surface area contributed by atoms with Gasteiger partial charge in [-0.3, -0.25) is 9.59 Å². The number of allylic oxidation sites excluding steroid dienone is 3. The van der Waals surface area contributed by atoms with Crippen molar-refractivity contribution in [2.24, 2.45) is 11.3 Å². The summed E-state index contributed by atoms with van der Waals surface area (Å²) in [4.78, 5) is 36.9. The first kappa shape index (κ1) is 31.2. The first-order valence-corrected chi connectivity index (χ1v) is 12.3. The van der Waals surface area contributed by atoms with Gasteiger partial charge >= 0.3 is 5.97 Å². The second-order valence-electron chi connectivity index (χ2n) is 9.69. The average Bonchev–Trinajstić information content (AvgIpc) is 2.80. The van der Waals surface area contributed by atoms with Crippen molar-refractivity contribution in [1.82, 2.24) is 10.6 Å². The fourth-order valence-electron chi connectivity index (χ4n) is 3.26. The molecule has 0 aromatic rings. The molecule has 0 aromatic carbocycles. The molecule has 200 valence electrons. The number of ether oxygens (including phenoxy) is 2. The largest absolute Gasteiger partial charge is 0.490 e. The lowest BCUT2D eigenvalue weighted by molar-refractivity contribution is -0.151. The van der Waals surface area contributed by atoms with Crippen LogP contribution in [0.2, 0.25) is 0 Å². The van der Waals surface area contributed by atoms with Crippen LogP contribution in [0.25, 0.3) is 0 Å². The van der Waals surface area contributed by atoms with E-state index in [0.717, 1.165) is 0 Å². The van der Waals surface area contributed by atoms with Crippen LogP contribution in [0.4, 0.5) is 0 Å². The van der Waals surface area contributed by atoms with E-state index in [1.54, 1.807) is 37.3 Å². The highest BCUT2D eigenvalue weighted by Crippen LogP contribution is 2.22. The molecule has 1 aliphatic heterocycles. The van der Waals surface area contributed by atoms with Crippen LogP contribution in [-0.2, 0) is 23.9 Å². The number of cyclic esters (lactones) is 1. The van der Waals surface area contributed by atoms with Gasteiger partial charge in [-0.25, -0.2) is 4.79 Å². The third kappa shape index (κ3) is 11.7. The van der Waals surface area contributed by atoms with Gasteiger partial charge in [0.25, 0.3) is 0 Å². The Bertz CT molecular complexity index is 910. The Balaban J connectivity index is 2.60. The Labute approximate surface area is 219 Å². The number of rotatable bonds is 12. The second-order valence-corrected chi connectivity index (χ2v) is 10.3. The number of aliphatic hydroxyl groups is 1. The Hall–Kier alpha value is -2.84. The number of methoxy groups -OCH3 is 1. The maximum atomic E-state index is 12.7. The van der Waals surface area contributed by atoms with E-state index in [-0.39, 0.29) is 23.7 Å². The van der Waals surface area contributed by atoms with Crippen molar-refractivity contribution in [3.8, 4) is 0 Å². The molecule has 36 heavy (non-hydrogen) atoms. The summed E-state index contributed by atoms with van der Waals surface area (Å²) >= 11 is 5.75. The lowest BCUT2D eigenvalue weighted by Crippen LogP contribution is -2.52. The van der Waals surface area contributed by atoms with Crippen molar-refractivity contribution in [2.45, 2.75) is 72.1 Å². The van der Waals surface area contributed by atoms with Gasteiger partial charge in [-0.1, -0.05) is 69.7 Å². The normalized spacial score (nSPS) is 19.7. The van der Waals surface area contributed by atoms with Crippen LogP contribution in [0.15, 0.2) is 59.5 Å². The second kappa shape index (κ2) is 15.3. The number of hydrogen-bond donors (Lipinski definition) is 3. The molecule has 4 atom stereocenters. The summed E-state index contributed by atoms with van der Waals surface area (Å²) in [6.07, 6.45) is 13.4. The van der Waals surface area contributed by atoms with Crippen molar-refractivity contribution < 1.29 is 29.0 Å². The predicted molar refractivity (Wildman–Crippen MR) is 141 cm³/mol. The lowest BCUT2D eigenvalue weighted by atomic mass is 9.86. The number of carbonyl (C=O) groups excluding carboxylic acids is 3. The van der Waals surface area contributed by atoms with Crippen LogP contribution in [-0.4, -0.2) is 48.2 Å². The monoisotopic (exact) mass is 522 g/mol. The number of aliphatic hydroxyl groups excluding tert-OH is 1. The third-order valence-corrected chi connectivity index (χ3v) is 5.57. The van der Waals surface area contributed by atoms with Gasteiger partial charge in [-0.15, -0.1) is 0 Å². The van der Waals surface area contributed by atoms with Gasteiger partial charge < -0.3 is 25.2 Å². The molecule has 0 aromatic heterocycles. The highest BCUT2D eigenvalue weighted by atomic mass is 35.5. The lowest BCUT2D eigenvalue weighted by Gasteiger charge is -2.29. The summed E-state index contributed by atoms with van der Waals surface area (Å²) < 4.78 is 10.3. The highest BCUT2D eigenvalue weighted by Gasteiger charge is 2.32. The predicted octanol–water partition coefficient (Wildman–Crippen LogP) is 4.03. The SMILES string of the molecule is COC1=CC[C@@H]([C@@H](C)/C=C\C=C/C(=O)NC(C(=O)N/C=C\C[C@@H](O)C/C=C(\C)Cl)C(C)(C)C)OC1=O. The van der Waals surface area contributed by atoms with Gasteiger partial charge in [0, 0.05) is 23.4 Å². The van der Waals surface area contributed by atoms with Crippen LogP contribution in [0, 0.1) is 11.3 Å². The average molecular weight is 523 g/mol. The standard InChI is InChI=1S/C27H39ClN2O6/c1-18(21-15-16-22(35-6)26(34)36-21)10-7-8-12-23(32)30-24(27(3,4)5)25(33)29-17-9-11-20(31)14-13-19(2)28/h7-10,12-13,16-18,20-21,24,31H,11,14-15H2,1-6H3,(H,29,33)(H,30,32)/b10-7-,12-8-,17-9-,19-13+/t18-,20+,21-,24?/m0/s1. The molecule has 1 heterocycles. The molecule has 0 saturated heterocycles. The van der Waals surface area contributed by atoms with Crippen LogP contribution in [0.5, 0.6) is 0 Å². The van der Waals surface area contributed by atoms with Crippen molar-refractivity contribution >= 4 is 29.4 Å². The topological polar surface area (TPSA) is 114 Å². The fraction of sp³-hybridized carbons (Fsp3) is 0.519. The first-order chi connectivity index (χ1) is 16.8. The maximum absolute atomic E-state index is 12.7. The minimum atomic E-state index is -0.780. The third-order valence-electron chi connectivity index (χ3n) is 5.41. The van der Waals surface area contributed by atoms with E-state index in [2.05, 4.69) is 10.6 Å². The molecule has 1 rings (SSSR count). The number of esters is 1. The molecule has 3 N–H and O–H groups in total. The zero-order chi connectivity index (χ0) is 27.3. The molecule has 2 amide bonds. The van der Waals surface area contributed by atoms with Gasteiger partial charge in [0.2, 0.25) is 11.8 Å². The van der Waals surface area contributed by atoms with Crippen molar-refractivity contribution in [1.29, 1.82) is 0 Å². The van der Waals surface area contributed by atoms with Crippen molar-refractivity contribution in [3.05, 3.63) is 59.5 Å². The van der Waals surface area contributed by atoms with E-state index >= 15 is 0 Å². The number of hydrogen-bond acceptors (Lipinski definition) is 6. The van der Waals surface area contributed by atoms with Gasteiger partial charge in [0.15, 0.2) is 5.76 Å². The summed E-state index contributed by atoms with van der Waals surface area (Å²) in [6.45, 7) is 9.21. The summed E-state index contributed by atoms with van der Waals surface area (Å²) in [6, 6.07) is -0.780. The fourth-order valence-corrected chi connectivity index (χ4v) is 3.34.